The van der Waals surface area contributed by atoms with Gasteiger partial charge in [-0.1, -0.05) is 71.7 Å². The molecule has 200 valence electrons. The maximum atomic E-state index is 14.1. The van der Waals surface area contributed by atoms with Crippen LogP contribution in [0.3, 0.4) is 0 Å². The van der Waals surface area contributed by atoms with Gasteiger partial charge in [-0.2, -0.15) is 0 Å². The van der Waals surface area contributed by atoms with Crippen LogP contribution >= 0.6 is 46.3 Å². The van der Waals surface area contributed by atoms with Crippen molar-refractivity contribution in [3.8, 4) is 11.3 Å². The molecule has 0 saturated carbocycles. The van der Waals surface area contributed by atoms with Gasteiger partial charge in [-0.25, -0.2) is 9.37 Å². The highest BCUT2D eigenvalue weighted by atomic mass is 35.5. The Morgan fingerprint density at radius 1 is 0.875 bits per heavy atom. The minimum absolute atomic E-state index is 0.0511. The SMILES string of the molecule is O=C(Nc1cccc(SC(C(=O)Nc2nc(-c3ccc(Cl)cc3Cl)cs2)c2ccccc2)c1)c1ccccc1F. The summed E-state index contributed by atoms with van der Waals surface area (Å²) in [6, 6.07) is 27.4. The van der Waals surface area contributed by atoms with Crippen molar-refractivity contribution in [2.75, 3.05) is 10.6 Å². The summed E-state index contributed by atoms with van der Waals surface area (Å²) < 4.78 is 14.1. The molecule has 0 aliphatic heterocycles. The number of thioether (sulfide) groups is 1. The van der Waals surface area contributed by atoms with Crippen LogP contribution in [0.4, 0.5) is 15.2 Å². The van der Waals surface area contributed by atoms with Crippen LogP contribution < -0.4 is 10.6 Å². The van der Waals surface area contributed by atoms with E-state index in [1.165, 1.54) is 41.3 Å². The molecule has 0 fully saturated rings. The van der Waals surface area contributed by atoms with E-state index in [0.717, 1.165) is 10.5 Å². The molecule has 5 nitrogen and oxygen atoms in total. The Bertz CT molecular complexity index is 1680. The molecule has 0 bridgehead atoms. The molecule has 0 radical (unpaired) electrons. The van der Waals surface area contributed by atoms with Gasteiger partial charge in [-0.3, -0.25) is 9.59 Å². The van der Waals surface area contributed by atoms with E-state index < -0.39 is 17.0 Å². The maximum absolute atomic E-state index is 14.1. The summed E-state index contributed by atoms with van der Waals surface area (Å²) in [6.45, 7) is 0. The fourth-order valence-electron chi connectivity index (χ4n) is 3.85. The van der Waals surface area contributed by atoms with E-state index in [1.807, 2.05) is 41.8 Å². The quantitative estimate of drug-likeness (QED) is 0.173. The molecule has 0 saturated heterocycles. The molecule has 1 atom stereocenters. The molecular formula is C30H20Cl2FN3O2S2. The van der Waals surface area contributed by atoms with Gasteiger partial charge in [-0.15, -0.1) is 23.1 Å². The second-order valence-electron chi connectivity index (χ2n) is 8.52. The molecule has 1 unspecified atom stereocenters. The molecule has 5 aromatic rings. The highest BCUT2D eigenvalue weighted by molar-refractivity contribution is 8.00. The van der Waals surface area contributed by atoms with Crippen LogP contribution in [0.1, 0.15) is 21.2 Å². The third-order valence-corrected chi connectivity index (χ3v) is 8.30. The molecule has 0 aliphatic carbocycles. The average Bonchev–Trinajstić information content (AvgIpc) is 3.40. The zero-order valence-corrected chi connectivity index (χ0v) is 23.8. The van der Waals surface area contributed by atoms with Gasteiger partial charge in [0.05, 0.1) is 16.3 Å². The Morgan fingerprint density at radius 3 is 2.42 bits per heavy atom. The third-order valence-electron chi connectivity index (χ3n) is 5.75. The number of amides is 2. The first-order chi connectivity index (χ1) is 19.4. The summed E-state index contributed by atoms with van der Waals surface area (Å²) in [5, 5.41) is 8.27. The van der Waals surface area contributed by atoms with Crippen molar-refractivity contribution in [3.05, 3.63) is 129 Å². The number of thiazole rings is 1. The Kier molecular flexibility index (Phi) is 8.81. The average molecular weight is 609 g/mol. The number of carbonyl (C=O) groups excluding carboxylic acids is 2. The first kappa shape index (κ1) is 27.9. The van der Waals surface area contributed by atoms with Crippen molar-refractivity contribution >= 4 is 68.9 Å². The van der Waals surface area contributed by atoms with Crippen LogP contribution in [-0.2, 0) is 4.79 Å². The van der Waals surface area contributed by atoms with Crippen molar-refractivity contribution in [1.82, 2.24) is 4.98 Å². The Labute approximate surface area is 248 Å². The molecule has 1 aromatic heterocycles. The van der Waals surface area contributed by atoms with Gasteiger partial charge in [0.2, 0.25) is 5.91 Å². The van der Waals surface area contributed by atoms with E-state index in [1.54, 1.807) is 42.5 Å². The minimum atomic E-state index is -0.620. The number of hydrogen-bond acceptors (Lipinski definition) is 5. The molecule has 1 heterocycles. The number of rotatable bonds is 8. The molecule has 0 spiro atoms. The van der Waals surface area contributed by atoms with Crippen molar-refractivity contribution in [3.63, 3.8) is 0 Å². The van der Waals surface area contributed by atoms with E-state index in [2.05, 4.69) is 15.6 Å². The van der Waals surface area contributed by atoms with E-state index in [0.29, 0.717) is 32.1 Å². The molecule has 4 aromatic carbocycles. The summed E-state index contributed by atoms with van der Waals surface area (Å²) in [5.74, 6) is -1.42. The van der Waals surface area contributed by atoms with Crippen molar-refractivity contribution < 1.29 is 14.0 Å². The second-order valence-corrected chi connectivity index (χ2v) is 11.4. The summed E-state index contributed by atoms with van der Waals surface area (Å²) in [5.41, 5.74) is 2.57. The lowest BCUT2D eigenvalue weighted by Gasteiger charge is -2.17. The van der Waals surface area contributed by atoms with E-state index in [-0.39, 0.29) is 11.5 Å². The monoisotopic (exact) mass is 607 g/mol. The maximum Gasteiger partial charge on any atom is 0.258 e. The normalized spacial score (nSPS) is 11.6. The highest BCUT2D eigenvalue weighted by Gasteiger charge is 2.24. The summed E-state index contributed by atoms with van der Waals surface area (Å²) in [7, 11) is 0. The first-order valence-electron chi connectivity index (χ1n) is 12.0. The number of anilines is 2. The topological polar surface area (TPSA) is 71.1 Å². The van der Waals surface area contributed by atoms with Crippen LogP contribution in [-0.4, -0.2) is 16.8 Å². The number of carbonyl (C=O) groups is 2. The van der Waals surface area contributed by atoms with Crippen molar-refractivity contribution in [2.24, 2.45) is 0 Å². The van der Waals surface area contributed by atoms with Crippen LogP contribution in [0.25, 0.3) is 11.3 Å². The molecule has 5 rings (SSSR count). The molecule has 2 amide bonds. The Hall–Kier alpha value is -3.69. The zero-order chi connectivity index (χ0) is 28.1. The smallest absolute Gasteiger partial charge is 0.258 e. The number of nitrogens with one attached hydrogen (secondary N) is 2. The standard InChI is InChI=1S/C30H20Cl2FN3O2S2/c31-19-13-14-22(24(32)15-19)26-17-39-30(35-26)36-29(38)27(18-7-2-1-3-8-18)40-21-10-6-9-20(16-21)34-28(37)23-11-4-5-12-25(23)33/h1-17,27H,(H,34,37)(H,35,36,38). The fraction of sp³-hybridized carbons (Fsp3) is 0.0333. The van der Waals surface area contributed by atoms with Crippen molar-refractivity contribution in [2.45, 2.75) is 10.1 Å². The van der Waals surface area contributed by atoms with Gasteiger partial charge in [0, 0.05) is 26.5 Å². The largest absolute Gasteiger partial charge is 0.322 e. The fourth-order valence-corrected chi connectivity index (χ4v) is 6.15. The number of benzene rings is 4. The zero-order valence-electron chi connectivity index (χ0n) is 20.6. The van der Waals surface area contributed by atoms with Crippen LogP contribution in [0.5, 0.6) is 0 Å². The third kappa shape index (κ3) is 6.71. The lowest BCUT2D eigenvalue weighted by molar-refractivity contribution is -0.115. The highest BCUT2D eigenvalue weighted by Crippen LogP contribution is 2.38. The number of hydrogen-bond donors (Lipinski definition) is 2. The van der Waals surface area contributed by atoms with E-state index in [9.17, 15) is 14.0 Å². The lowest BCUT2D eigenvalue weighted by Crippen LogP contribution is -2.19. The van der Waals surface area contributed by atoms with Crippen LogP contribution in [0.15, 0.2) is 107 Å². The van der Waals surface area contributed by atoms with Crippen LogP contribution in [0.2, 0.25) is 10.0 Å². The molecule has 40 heavy (non-hydrogen) atoms. The van der Waals surface area contributed by atoms with Gasteiger partial charge >= 0.3 is 0 Å². The Morgan fingerprint density at radius 2 is 1.65 bits per heavy atom. The molecule has 2 N–H and O–H groups in total. The van der Waals surface area contributed by atoms with E-state index in [4.69, 9.17) is 23.2 Å². The number of halogens is 3. The number of nitrogens with zero attached hydrogens (tertiary/aromatic N) is 1. The van der Waals surface area contributed by atoms with Gasteiger partial charge in [0.1, 0.15) is 11.1 Å². The Balaban J connectivity index is 1.35. The molecule has 0 aliphatic rings. The van der Waals surface area contributed by atoms with Gasteiger partial charge in [-0.05, 0) is 54.1 Å². The van der Waals surface area contributed by atoms with Crippen molar-refractivity contribution in [1.29, 1.82) is 0 Å². The predicted octanol–water partition coefficient (Wildman–Crippen LogP) is 8.98. The first-order valence-corrected chi connectivity index (χ1v) is 14.5. The lowest BCUT2D eigenvalue weighted by atomic mass is 10.1. The number of aromatic nitrogens is 1. The van der Waals surface area contributed by atoms with Crippen LogP contribution in [0, 0.1) is 5.82 Å². The summed E-state index contributed by atoms with van der Waals surface area (Å²) in [4.78, 5) is 31.4. The van der Waals surface area contributed by atoms with Gasteiger partial charge in [0.15, 0.2) is 5.13 Å². The van der Waals surface area contributed by atoms with Gasteiger partial charge in [0.25, 0.3) is 5.91 Å². The minimum Gasteiger partial charge on any atom is -0.322 e. The predicted molar refractivity (Wildman–Crippen MR) is 162 cm³/mol. The second kappa shape index (κ2) is 12.7. The summed E-state index contributed by atoms with van der Waals surface area (Å²) in [6.07, 6.45) is 0. The van der Waals surface area contributed by atoms with Gasteiger partial charge < -0.3 is 10.6 Å². The summed E-state index contributed by atoms with van der Waals surface area (Å²) >= 11 is 15.0. The van der Waals surface area contributed by atoms with E-state index >= 15 is 0 Å². The molecular weight excluding hydrogens is 588 g/mol. The molecule has 10 heteroatoms.